The van der Waals surface area contributed by atoms with Crippen molar-refractivity contribution in [2.45, 2.75) is 6.54 Å². The minimum absolute atomic E-state index is 0.00521. The van der Waals surface area contributed by atoms with E-state index in [0.29, 0.717) is 9.83 Å². The topological polar surface area (TPSA) is 90.3 Å². The van der Waals surface area contributed by atoms with Crippen LogP contribution in [0.4, 0.5) is 9.52 Å². The first kappa shape index (κ1) is 19.6. The highest BCUT2D eigenvalue weighted by Gasteiger charge is 2.25. The molecule has 1 aromatic carbocycles. The summed E-state index contributed by atoms with van der Waals surface area (Å²) in [4.78, 5) is 31.5. The number of carbonyl (C=O) groups is 1. The van der Waals surface area contributed by atoms with Crippen LogP contribution in [0.1, 0.15) is 16.1 Å². The smallest absolute Gasteiger partial charge is 0.320 e. The van der Waals surface area contributed by atoms with Crippen LogP contribution < -0.4 is 14.4 Å². The number of benzene rings is 1. The maximum absolute atomic E-state index is 14.2. The van der Waals surface area contributed by atoms with Crippen LogP contribution in [0.25, 0.3) is 10.2 Å². The van der Waals surface area contributed by atoms with Crippen molar-refractivity contribution < 1.29 is 18.7 Å². The van der Waals surface area contributed by atoms with Gasteiger partial charge in [0.2, 0.25) is 5.88 Å². The largest absolute Gasteiger partial charge is 0.481 e. The van der Waals surface area contributed by atoms with Crippen LogP contribution in [-0.4, -0.2) is 40.1 Å². The van der Waals surface area contributed by atoms with Gasteiger partial charge in [0.05, 0.1) is 25.5 Å². The van der Waals surface area contributed by atoms with Gasteiger partial charge in [-0.2, -0.15) is 9.97 Å². The zero-order valence-corrected chi connectivity index (χ0v) is 16.9. The van der Waals surface area contributed by atoms with Crippen molar-refractivity contribution in [2.75, 3.05) is 19.1 Å². The molecule has 3 aromatic heterocycles. The third kappa shape index (κ3) is 3.90. The summed E-state index contributed by atoms with van der Waals surface area (Å²) in [6.45, 7) is 0.169. The number of para-hydroxylation sites is 1. The molecule has 8 nitrogen and oxygen atoms in total. The Morgan fingerprint density at radius 1 is 1.13 bits per heavy atom. The maximum Gasteiger partial charge on any atom is 0.320 e. The van der Waals surface area contributed by atoms with Gasteiger partial charge in [-0.05, 0) is 23.8 Å². The lowest BCUT2D eigenvalue weighted by Crippen LogP contribution is -2.31. The predicted octanol–water partition coefficient (Wildman–Crippen LogP) is 3.48. The minimum Gasteiger partial charge on any atom is -0.481 e. The van der Waals surface area contributed by atoms with Gasteiger partial charge in [-0.15, -0.1) is 0 Å². The number of amides is 1. The van der Waals surface area contributed by atoms with Crippen LogP contribution in [0.5, 0.6) is 11.9 Å². The van der Waals surface area contributed by atoms with Gasteiger partial charge in [0.15, 0.2) is 5.13 Å². The zero-order chi connectivity index (χ0) is 21.1. The summed E-state index contributed by atoms with van der Waals surface area (Å²) in [5.41, 5.74) is 1.04. The number of aromatic nitrogens is 4. The van der Waals surface area contributed by atoms with Crippen molar-refractivity contribution in [1.29, 1.82) is 0 Å². The van der Waals surface area contributed by atoms with Gasteiger partial charge in [0.1, 0.15) is 17.0 Å². The van der Waals surface area contributed by atoms with Crippen LogP contribution in [0.3, 0.4) is 0 Å². The standard InChI is InChI=1S/C20H16FN5O3S/c1-28-16-9-14(23-19(24-16)29-2)18(27)26(11-12-5-4-8-22-10-12)20-25-17-13(21)6-3-7-15(17)30-20/h3-10H,11H2,1-2H3. The molecular formula is C20H16FN5O3S. The number of anilines is 1. The Hall–Kier alpha value is -3.66. The second kappa shape index (κ2) is 8.37. The summed E-state index contributed by atoms with van der Waals surface area (Å²) in [5.74, 6) is -0.728. The first-order valence-corrected chi connectivity index (χ1v) is 9.63. The Morgan fingerprint density at radius 2 is 2.00 bits per heavy atom. The fraction of sp³-hybridized carbons (Fsp3) is 0.150. The third-order valence-corrected chi connectivity index (χ3v) is 5.23. The van der Waals surface area contributed by atoms with Gasteiger partial charge in [-0.25, -0.2) is 9.37 Å². The number of carbonyl (C=O) groups excluding carboxylic acids is 1. The number of nitrogens with zero attached hydrogens (tertiary/aromatic N) is 5. The van der Waals surface area contributed by atoms with E-state index in [1.165, 1.54) is 42.6 Å². The fourth-order valence-corrected chi connectivity index (χ4v) is 3.74. The number of methoxy groups -OCH3 is 2. The van der Waals surface area contributed by atoms with E-state index in [0.717, 1.165) is 5.56 Å². The summed E-state index contributed by atoms with van der Waals surface area (Å²) < 4.78 is 25.0. The predicted molar refractivity (Wildman–Crippen MR) is 109 cm³/mol. The molecule has 0 fully saturated rings. The molecule has 10 heteroatoms. The quantitative estimate of drug-likeness (QED) is 0.467. The molecule has 0 unspecified atom stereocenters. The first-order valence-electron chi connectivity index (χ1n) is 8.82. The van der Waals surface area contributed by atoms with Gasteiger partial charge in [-0.1, -0.05) is 23.5 Å². The van der Waals surface area contributed by atoms with E-state index in [-0.39, 0.29) is 29.6 Å². The number of halogens is 1. The number of thiazole rings is 1. The van der Waals surface area contributed by atoms with Crippen molar-refractivity contribution >= 4 is 32.6 Å². The molecule has 0 aliphatic heterocycles. The summed E-state index contributed by atoms with van der Waals surface area (Å²) >= 11 is 1.21. The molecule has 0 aliphatic carbocycles. The molecule has 0 saturated carbocycles. The molecule has 0 N–H and O–H groups in total. The Labute approximate surface area is 175 Å². The van der Waals surface area contributed by atoms with E-state index < -0.39 is 11.7 Å². The fourth-order valence-electron chi connectivity index (χ4n) is 2.77. The van der Waals surface area contributed by atoms with Gasteiger partial charge in [0.25, 0.3) is 5.91 Å². The molecule has 3 heterocycles. The third-order valence-electron chi connectivity index (χ3n) is 4.19. The molecule has 0 saturated heterocycles. The second-order valence-corrected chi connectivity index (χ2v) is 7.13. The number of ether oxygens (including phenoxy) is 2. The molecule has 0 bridgehead atoms. The second-order valence-electron chi connectivity index (χ2n) is 6.12. The molecule has 30 heavy (non-hydrogen) atoms. The average molecular weight is 425 g/mol. The van der Waals surface area contributed by atoms with Crippen molar-refractivity contribution in [2.24, 2.45) is 0 Å². The molecule has 4 rings (SSSR count). The summed E-state index contributed by atoms with van der Waals surface area (Å²) in [7, 11) is 2.83. The first-order chi connectivity index (χ1) is 14.6. The molecule has 0 radical (unpaired) electrons. The Bertz CT molecular complexity index is 1180. The minimum atomic E-state index is -0.461. The molecular weight excluding hydrogens is 409 g/mol. The highest BCUT2D eigenvalue weighted by Crippen LogP contribution is 2.32. The monoisotopic (exact) mass is 425 g/mol. The number of hydrogen-bond donors (Lipinski definition) is 0. The number of hydrogen-bond acceptors (Lipinski definition) is 8. The van der Waals surface area contributed by atoms with Crippen LogP contribution >= 0.6 is 11.3 Å². The van der Waals surface area contributed by atoms with E-state index in [2.05, 4.69) is 19.9 Å². The lowest BCUT2D eigenvalue weighted by atomic mass is 10.2. The molecule has 0 atom stereocenters. The lowest BCUT2D eigenvalue weighted by Gasteiger charge is -2.19. The van der Waals surface area contributed by atoms with Crippen molar-refractivity contribution in [3.63, 3.8) is 0 Å². The van der Waals surface area contributed by atoms with E-state index in [1.807, 2.05) is 6.07 Å². The van der Waals surface area contributed by atoms with Gasteiger partial charge in [-0.3, -0.25) is 14.7 Å². The SMILES string of the molecule is COc1cc(C(=O)N(Cc2cccnc2)c2nc3c(F)cccc3s2)nc(OC)n1. The van der Waals surface area contributed by atoms with E-state index >= 15 is 0 Å². The zero-order valence-electron chi connectivity index (χ0n) is 16.1. The average Bonchev–Trinajstić information content (AvgIpc) is 3.22. The number of pyridine rings is 1. The highest BCUT2D eigenvalue weighted by atomic mass is 32.1. The number of fused-ring (bicyclic) bond motifs is 1. The van der Waals surface area contributed by atoms with Crippen molar-refractivity contribution in [3.05, 3.63) is 65.9 Å². The van der Waals surface area contributed by atoms with Crippen LogP contribution in [0.15, 0.2) is 48.8 Å². The summed E-state index contributed by atoms with van der Waals surface area (Å²) in [5, 5.41) is 0.334. The van der Waals surface area contributed by atoms with Crippen molar-refractivity contribution in [1.82, 2.24) is 19.9 Å². The van der Waals surface area contributed by atoms with E-state index in [1.54, 1.807) is 30.6 Å². The van der Waals surface area contributed by atoms with E-state index in [4.69, 9.17) is 9.47 Å². The molecule has 152 valence electrons. The Kier molecular flexibility index (Phi) is 5.48. The van der Waals surface area contributed by atoms with Crippen LogP contribution in [-0.2, 0) is 6.54 Å². The normalized spacial score (nSPS) is 10.8. The van der Waals surface area contributed by atoms with Crippen LogP contribution in [0.2, 0.25) is 0 Å². The number of rotatable bonds is 6. The highest BCUT2D eigenvalue weighted by molar-refractivity contribution is 7.22. The molecule has 0 aliphatic rings. The van der Waals surface area contributed by atoms with Gasteiger partial charge >= 0.3 is 6.01 Å². The summed E-state index contributed by atoms with van der Waals surface area (Å²) in [6.07, 6.45) is 3.29. The molecule has 1 amide bonds. The van der Waals surface area contributed by atoms with E-state index in [9.17, 15) is 9.18 Å². The van der Waals surface area contributed by atoms with Crippen LogP contribution in [0, 0.1) is 5.82 Å². The van der Waals surface area contributed by atoms with Gasteiger partial charge in [0, 0.05) is 18.5 Å². The maximum atomic E-state index is 14.2. The summed E-state index contributed by atoms with van der Waals surface area (Å²) in [6, 6.07) is 9.70. The Morgan fingerprint density at radius 3 is 2.70 bits per heavy atom. The molecule has 4 aromatic rings. The lowest BCUT2D eigenvalue weighted by molar-refractivity contribution is 0.0978. The molecule has 0 spiro atoms. The van der Waals surface area contributed by atoms with Crippen molar-refractivity contribution in [3.8, 4) is 11.9 Å². The van der Waals surface area contributed by atoms with Gasteiger partial charge < -0.3 is 9.47 Å². The Balaban J connectivity index is 1.80.